The number of alkyl halides is 3. The number of nitrogens with zero attached hydrogens (tertiary/aromatic N) is 1. The molecule has 2 aromatic rings. The van der Waals surface area contributed by atoms with Gasteiger partial charge in [-0.15, -0.1) is 0 Å². The lowest BCUT2D eigenvalue weighted by molar-refractivity contribution is -0.215. The Kier molecular flexibility index (Phi) is 4.83. The van der Waals surface area contributed by atoms with E-state index in [2.05, 4.69) is 4.98 Å². The second kappa shape index (κ2) is 6.46. The topological polar surface area (TPSA) is 31.4 Å². The van der Waals surface area contributed by atoms with E-state index < -0.39 is 17.5 Å². The van der Waals surface area contributed by atoms with E-state index in [1.54, 1.807) is 24.5 Å². The molecule has 0 bridgehead atoms. The van der Waals surface area contributed by atoms with Gasteiger partial charge in [0.1, 0.15) is 0 Å². The van der Waals surface area contributed by atoms with E-state index in [-0.39, 0.29) is 6.42 Å². The van der Waals surface area contributed by atoms with Crippen molar-refractivity contribution in [3.8, 4) is 0 Å². The smallest absolute Gasteiger partial charge is 0.349 e. The van der Waals surface area contributed by atoms with Gasteiger partial charge in [0.2, 0.25) is 0 Å². The van der Waals surface area contributed by atoms with Crippen LogP contribution in [0, 0.1) is 0 Å². The standard InChI is InChI=1S/C16H16F3NO2/c1-21-15(22-2,13-7-9-20-10-8-13)11-12-3-5-14(6-4-12)16(17,18)19/h3-10H,11H2,1-2H3. The first-order valence-electron chi connectivity index (χ1n) is 6.58. The molecule has 3 nitrogen and oxygen atoms in total. The summed E-state index contributed by atoms with van der Waals surface area (Å²) < 4.78 is 48.8. The molecule has 0 aliphatic rings. The zero-order valence-electron chi connectivity index (χ0n) is 12.2. The minimum atomic E-state index is -4.34. The molecule has 0 radical (unpaired) electrons. The lowest BCUT2D eigenvalue weighted by Gasteiger charge is -2.31. The zero-order valence-corrected chi connectivity index (χ0v) is 12.2. The Labute approximate surface area is 126 Å². The van der Waals surface area contributed by atoms with Crippen molar-refractivity contribution < 1.29 is 22.6 Å². The Hall–Kier alpha value is -1.92. The highest BCUT2D eigenvalue weighted by Gasteiger charge is 2.33. The second-order valence-corrected chi connectivity index (χ2v) is 4.77. The van der Waals surface area contributed by atoms with E-state index in [9.17, 15) is 13.2 Å². The van der Waals surface area contributed by atoms with Crippen LogP contribution in [0.5, 0.6) is 0 Å². The normalized spacial score (nSPS) is 12.4. The summed E-state index contributed by atoms with van der Waals surface area (Å²) >= 11 is 0. The van der Waals surface area contributed by atoms with Crippen molar-refractivity contribution in [2.24, 2.45) is 0 Å². The van der Waals surface area contributed by atoms with Crippen LogP contribution in [0.4, 0.5) is 13.2 Å². The first-order chi connectivity index (χ1) is 10.4. The summed E-state index contributed by atoms with van der Waals surface area (Å²) in [6, 6.07) is 8.46. The highest BCUT2D eigenvalue weighted by Crippen LogP contribution is 2.32. The highest BCUT2D eigenvalue weighted by molar-refractivity contribution is 5.28. The summed E-state index contributed by atoms with van der Waals surface area (Å²) in [5, 5.41) is 0. The molecule has 0 spiro atoms. The Morgan fingerprint density at radius 2 is 1.41 bits per heavy atom. The number of pyridine rings is 1. The van der Waals surface area contributed by atoms with Crippen LogP contribution in [0.15, 0.2) is 48.8 Å². The van der Waals surface area contributed by atoms with Crippen molar-refractivity contribution in [3.63, 3.8) is 0 Å². The molecule has 0 saturated heterocycles. The van der Waals surface area contributed by atoms with Gasteiger partial charge in [0.25, 0.3) is 0 Å². The SMILES string of the molecule is COC(Cc1ccc(C(F)(F)F)cc1)(OC)c1ccncc1. The Bertz CT molecular complexity index is 593. The molecule has 0 aliphatic carbocycles. The molecule has 0 amide bonds. The predicted molar refractivity (Wildman–Crippen MR) is 75.1 cm³/mol. The van der Waals surface area contributed by atoms with E-state index in [0.717, 1.165) is 17.7 Å². The van der Waals surface area contributed by atoms with Crippen molar-refractivity contribution in [1.82, 2.24) is 4.98 Å². The molecule has 0 atom stereocenters. The van der Waals surface area contributed by atoms with Gasteiger partial charge in [-0.25, -0.2) is 0 Å². The molecule has 1 aromatic heterocycles. The van der Waals surface area contributed by atoms with E-state index >= 15 is 0 Å². The number of rotatable bonds is 5. The van der Waals surface area contributed by atoms with Gasteiger partial charge in [-0.05, 0) is 29.8 Å². The minimum absolute atomic E-state index is 0.280. The van der Waals surface area contributed by atoms with Crippen LogP contribution in [-0.4, -0.2) is 19.2 Å². The van der Waals surface area contributed by atoms with Crippen LogP contribution in [0.3, 0.4) is 0 Å². The van der Waals surface area contributed by atoms with Crippen molar-refractivity contribution in [3.05, 3.63) is 65.5 Å². The Morgan fingerprint density at radius 1 is 0.864 bits per heavy atom. The molecular weight excluding hydrogens is 295 g/mol. The zero-order chi connectivity index (χ0) is 16.2. The lowest BCUT2D eigenvalue weighted by atomic mass is 9.97. The van der Waals surface area contributed by atoms with E-state index in [0.29, 0.717) is 5.56 Å². The number of halogens is 3. The van der Waals surface area contributed by atoms with Gasteiger partial charge in [-0.2, -0.15) is 13.2 Å². The van der Waals surface area contributed by atoms with Crippen LogP contribution >= 0.6 is 0 Å². The van der Waals surface area contributed by atoms with Gasteiger partial charge in [0.15, 0.2) is 5.79 Å². The van der Waals surface area contributed by atoms with Crippen molar-refractivity contribution >= 4 is 0 Å². The molecule has 0 fully saturated rings. The fourth-order valence-electron chi connectivity index (χ4n) is 2.25. The largest absolute Gasteiger partial charge is 0.416 e. The summed E-state index contributed by atoms with van der Waals surface area (Å²) in [4.78, 5) is 3.94. The molecule has 0 N–H and O–H groups in total. The molecule has 118 valence electrons. The van der Waals surface area contributed by atoms with E-state index in [1.807, 2.05) is 0 Å². The molecule has 1 aromatic carbocycles. The number of methoxy groups -OCH3 is 2. The third-order valence-electron chi connectivity index (χ3n) is 3.50. The molecule has 0 saturated carbocycles. The van der Waals surface area contributed by atoms with Gasteiger partial charge in [0.05, 0.1) is 5.56 Å². The van der Waals surface area contributed by atoms with E-state index in [4.69, 9.17) is 9.47 Å². The fraction of sp³-hybridized carbons (Fsp3) is 0.312. The predicted octanol–water partition coefficient (Wildman–Crippen LogP) is 3.79. The van der Waals surface area contributed by atoms with Crippen molar-refractivity contribution in [2.45, 2.75) is 18.4 Å². The maximum atomic E-state index is 12.6. The van der Waals surface area contributed by atoms with Gasteiger partial charge < -0.3 is 9.47 Å². The summed E-state index contributed by atoms with van der Waals surface area (Å²) in [6.45, 7) is 0. The summed E-state index contributed by atoms with van der Waals surface area (Å²) in [5.74, 6) is -1.07. The molecule has 1 heterocycles. The average molecular weight is 311 g/mol. The second-order valence-electron chi connectivity index (χ2n) is 4.77. The summed E-state index contributed by atoms with van der Waals surface area (Å²) in [5.41, 5.74) is 0.738. The molecule has 2 rings (SSSR count). The number of ether oxygens (including phenoxy) is 2. The van der Waals surface area contributed by atoms with Gasteiger partial charge in [-0.1, -0.05) is 12.1 Å². The monoisotopic (exact) mass is 311 g/mol. The molecule has 0 unspecified atom stereocenters. The molecule has 22 heavy (non-hydrogen) atoms. The van der Waals surface area contributed by atoms with Crippen LogP contribution in [-0.2, 0) is 27.9 Å². The number of benzene rings is 1. The van der Waals surface area contributed by atoms with E-state index in [1.165, 1.54) is 26.4 Å². The highest BCUT2D eigenvalue weighted by atomic mass is 19.4. The average Bonchev–Trinajstić information content (AvgIpc) is 2.53. The maximum Gasteiger partial charge on any atom is 0.416 e. The quantitative estimate of drug-likeness (QED) is 0.787. The number of aromatic nitrogens is 1. The Balaban J connectivity index is 2.29. The fourth-order valence-corrected chi connectivity index (χ4v) is 2.25. The third kappa shape index (κ3) is 3.45. The summed E-state index contributed by atoms with van der Waals surface area (Å²) in [7, 11) is 2.99. The van der Waals surface area contributed by atoms with Crippen molar-refractivity contribution in [2.75, 3.05) is 14.2 Å². The number of hydrogen-bond acceptors (Lipinski definition) is 3. The van der Waals surface area contributed by atoms with Gasteiger partial charge in [-0.3, -0.25) is 4.98 Å². The first-order valence-corrected chi connectivity index (χ1v) is 6.58. The van der Waals surface area contributed by atoms with Crippen LogP contribution in [0.25, 0.3) is 0 Å². The third-order valence-corrected chi connectivity index (χ3v) is 3.50. The summed E-state index contributed by atoms with van der Waals surface area (Å²) in [6.07, 6.45) is -0.852. The van der Waals surface area contributed by atoms with Gasteiger partial charge in [0, 0.05) is 38.6 Å². The number of hydrogen-bond donors (Lipinski definition) is 0. The molecule has 6 heteroatoms. The van der Waals surface area contributed by atoms with Crippen molar-refractivity contribution in [1.29, 1.82) is 0 Å². The maximum absolute atomic E-state index is 12.6. The Morgan fingerprint density at radius 3 is 1.86 bits per heavy atom. The van der Waals surface area contributed by atoms with Crippen LogP contribution in [0.1, 0.15) is 16.7 Å². The molecule has 0 aliphatic heterocycles. The van der Waals surface area contributed by atoms with Gasteiger partial charge >= 0.3 is 6.18 Å². The first kappa shape index (κ1) is 16.5. The molecular formula is C16H16F3NO2. The lowest BCUT2D eigenvalue weighted by Crippen LogP contribution is -2.33. The minimum Gasteiger partial charge on any atom is -0.349 e. The van der Waals surface area contributed by atoms with Crippen LogP contribution < -0.4 is 0 Å². The van der Waals surface area contributed by atoms with Crippen LogP contribution in [0.2, 0.25) is 0 Å².